The lowest BCUT2D eigenvalue weighted by Gasteiger charge is -2.14. The number of carbonyl (C=O) groups is 2. The molecule has 0 fully saturated rings. The van der Waals surface area contributed by atoms with Crippen molar-refractivity contribution in [1.29, 1.82) is 0 Å². The van der Waals surface area contributed by atoms with Crippen molar-refractivity contribution in [3.05, 3.63) is 45.7 Å². The highest BCUT2D eigenvalue weighted by atomic mass is 32.1. The molecule has 0 aliphatic rings. The zero-order valence-corrected chi connectivity index (χ0v) is 12.5. The summed E-state index contributed by atoms with van der Waals surface area (Å²) in [5.41, 5.74) is 0.882. The van der Waals surface area contributed by atoms with Crippen molar-refractivity contribution in [2.45, 2.75) is 13.5 Å². The SMILES string of the molecule is Cc1cc(C(=O)N(C)Cc2ncc[nH]2)sc1/C=C/C(=O)O. The van der Waals surface area contributed by atoms with Gasteiger partial charge in [-0.1, -0.05) is 0 Å². The van der Waals surface area contributed by atoms with Crippen LogP contribution in [0.2, 0.25) is 0 Å². The fourth-order valence-corrected chi connectivity index (χ4v) is 2.85. The monoisotopic (exact) mass is 305 g/mol. The Morgan fingerprint density at radius 1 is 1.52 bits per heavy atom. The first kappa shape index (κ1) is 15.0. The molecule has 7 heteroatoms. The van der Waals surface area contributed by atoms with Crippen molar-refractivity contribution in [2.75, 3.05) is 7.05 Å². The minimum atomic E-state index is -1.01. The molecule has 2 aromatic heterocycles. The Kier molecular flexibility index (Phi) is 4.54. The van der Waals surface area contributed by atoms with Crippen molar-refractivity contribution < 1.29 is 14.7 Å². The van der Waals surface area contributed by atoms with E-state index in [0.29, 0.717) is 17.2 Å². The van der Waals surface area contributed by atoms with E-state index in [1.807, 2.05) is 6.92 Å². The highest BCUT2D eigenvalue weighted by Crippen LogP contribution is 2.24. The van der Waals surface area contributed by atoms with Gasteiger partial charge in [0.2, 0.25) is 0 Å². The lowest BCUT2D eigenvalue weighted by molar-refractivity contribution is -0.131. The van der Waals surface area contributed by atoms with Crippen LogP contribution in [-0.2, 0) is 11.3 Å². The Labute approximate surface area is 125 Å². The number of aromatic amines is 1. The first-order valence-corrected chi connectivity index (χ1v) is 7.04. The Balaban J connectivity index is 2.12. The second kappa shape index (κ2) is 6.36. The molecule has 1 amide bonds. The van der Waals surface area contributed by atoms with Gasteiger partial charge >= 0.3 is 5.97 Å². The number of nitrogens with one attached hydrogen (secondary N) is 1. The van der Waals surface area contributed by atoms with Crippen molar-refractivity contribution in [3.8, 4) is 0 Å². The minimum Gasteiger partial charge on any atom is -0.478 e. The second-order valence-corrected chi connectivity index (χ2v) is 5.61. The number of nitrogens with zero attached hydrogens (tertiary/aromatic N) is 2. The second-order valence-electron chi connectivity index (χ2n) is 4.53. The molecule has 0 radical (unpaired) electrons. The molecule has 2 heterocycles. The summed E-state index contributed by atoms with van der Waals surface area (Å²) < 4.78 is 0. The van der Waals surface area contributed by atoms with Crippen LogP contribution in [0.15, 0.2) is 24.5 Å². The number of amides is 1. The van der Waals surface area contributed by atoms with Gasteiger partial charge in [0.15, 0.2) is 0 Å². The number of hydrogen-bond acceptors (Lipinski definition) is 4. The van der Waals surface area contributed by atoms with Gasteiger partial charge < -0.3 is 15.0 Å². The molecule has 21 heavy (non-hydrogen) atoms. The van der Waals surface area contributed by atoms with Crippen LogP contribution in [0.25, 0.3) is 6.08 Å². The molecular weight excluding hydrogens is 290 g/mol. The molecule has 0 bridgehead atoms. The van der Waals surface area contributed by atoms with E-state index in [1.165, 1.54) is 17.4 Å². The van der Waals surface area contributed by atoms with Crippen molar-refractivity contribution in [1.82, 2.24) is 14.9 Å². The van der Waals surface area contributed by atoms with Gasteiger partial charge in [-0.3, -0.25) is 4.79 Å². The zero-order valence-electron chi connectivity index (χ0n) is 11.7. The number of imidazole rings is 1. The van der Waals surface area contributed by atoms with Gasteiger partial charge in [0, 0.05) is 30.4 Å². The maximum absolute atomic E-state index is 12.3. The first-order chi connectivity index (χ1) is 9.97. The predicted octanol–water partition coefficient (Wildman–Crippen LogP) is 2.15. The fraction of sp³-hybridized carbons (Fsp3) is 0.214. The van der Waals surface area contributed by atoms with Crippen LogP contribution in [0.4, 0.5) is 0 Å². The summed E-state index contributed by atoms with van der Waals surface area (Å²) in [5.74, 6) is -0.412. The zero-order chi connectivity index (χ0) is 15.4. The molecule has 2 rings (SSSR count). The number of hydrogen-bond donors (Lipinski definition) is 2. The van der Waals surface area contributed by atoms with Crippen LogP contribution < -0.4 is 0 Å². The van der Waals surface area contributed by atoms with Gasteiger partial charge in [-0.2, -0.15) is 0 Å². The minimum absolute atomic E-state index is 0.116. The molecule has 2 N–H and O–H groups in total. The molecule has 0 aliphatic heterocycles. The Bertz CT molecular complexity index is 674. The number of rotatable bonds is 5. The number of carboxylic acid groups (broad SMARTS) is 1. The molecule has 0 unspecified atom stereocenters. The van der Waals surface area contributed by atoms with Crippen LogP contribution in [0.3, 0.4) is 0 Å². The van der Waals surface area contributed by atoms with Gasteiger partial charge in [-0.05, 0) is 24.6 Å². The number of carbonyl (C=O) groups excluding carboxylic acids is 1. The highest BCUT2D eigenvalue weighted by Gasteiger charge is 2.16. The largest absolute Gasteiger partial charge is 0.478 e. The molecule has 6 nitrogen and oxygen atoms in total. The Morgan fingerprint density at radius 2 is 2.29 bits per heavy atom. The summed E-state index contributed by atoms with van der Waals surface area (Å²) in [5, 5.41) is 8.65. The van der Waals surface area contributed by atoms with Crippen LogP contribution in [0, 0.1) is 6.92 Å². The van der Waals surface area contributed by atoms with Crippen LogP contribution in [0.5, 0.6) is 0 Å². The quantitative estimate of drug-likeness (QED) is 0.829. The Hall–Kier alpha value is -2.41. The predicted molar refractivity (Wildman–Crippen MR) is 80.1 cm³/mol. The molecule has 110 valence electrons. The van der Waals surface area contributed by atoms with E-state index in [1.54, 1.807) is 30.4 Å². The molecule has 2 aromatic rings. The van der Waals surface area contributed by atoms with Crippen molar-refractivity contribution in [3.63, 3.8) is 0 Å². The van der Waals surface area contributed by atoms with E-state index in [4.69, 9.17) is 5.11 Å². The smallest absolute Gasteiger partial charge is 0.328 e. The lowest BCUT2D eigenvalue weighted by Crippen LogP contribution is -2.25. The van der Waals surface area contributed by atoms with Crippen molar-refractivity contribution in [2.24, 2.45) is 0 Å². The van der Waals surface area contributed by atoms with Gasteiger partial charge in [-0.25, -0.2) is 9.78 Å². The third-order valence-corrected chi connectivity index (χ3v) is 4.02. The van der Waals surface area contributed by atoms with E-state index in [9.17, 15) is 9.59 Å². The van der Waals surface area contributed by atoms with E-state index in [-0.39, 0.29) is 5.91 Å². The standard InChI is InChI=1S/C14H15N3O3S/c1-9-7-11(21-10(9)3-4-13(18)19)14(20)17(2)8-12-15-5-6-16-12/h3-7H,8H2,1-2H3,(H,15,16)(H,18,19)/b4-3+. The third kappa shape index (κ3) is 3.79. The summed E-state index contributed by atoms with van der Waals surface area (Å²) in [6.07, 6.45) is 5.92. The molecule has 0 atom stereocenters. The van der Waals surface area contributed by atoms with Gasteiger partial charge in [-0.15, -0.1) is 11.3 Å². The maximum Gasteiger partial charge on any atom is 0.328 e. The Morgan fingerprint density at radius 3 is 2.90 bits per heavy atom. The number of aliphatic carboxylic acids is 1. The normalized spacial score (nSPS) is 11.0. The average Bonchev–Trinajstić information content (AvgIpc) is 3.05. The number of aromatic nitrogens is 2. The van der Waals surface area contributed by atoms with Crippen LogP contribution in [0.1, 0.15) is 25.9 Å². The molecule has 0 spiro atoms. The van der Waals surface area contributed by atoms with Gasteiger partial charge in [0.1, 0.15) is 5.82 Å². The highest BCUT2D eigenvalue weighted by molar-refractivity contribution is 7.15. The summed E-state index contributed by atoms with van der Waals surface area (Å²) in [6.45, 7) is 2.24. The molecule has 0 aliphatic carbocycles. The summed E-state index contributed by atoms with van der Waals surface area (Å²) in [4.78, 5) is 32.8. The molecular formula is C14H15N3O3S. The molecule has 0 saturated heterocycles. The van der Waals surface area contributed by atoms with Gasteiger partial charge in [0.25, 0.3) is 5.91 Å². The lowest BCUT2D eigenvalue weighted by atomic mass is 10.2. The van der Waals surface area contributed by atoms with E-state index in [2.05, 4.69) is 9.97 Å². The average molecular weight is 305 g/mol. The third-order valence-electron chi connectivity index (χ3n) is 2.83. The van der Waals surface area contributed by atoms with E-state index >= 15 is 0 Å². The first-order valence-electron chi connectivity index (χ1n) is 6.22. The van der Waals surface area contributed by atoms with Crippen LogP contribution >= 0.6 is 11.3 Å². The van der Waals surface area contributed by atoms with Crippen LogP contribution in [-0.4, -0.2) is 38.9 Å². The number of thiophene rings is 1. The summed E-state index contributed by atoms with van der Waals surface area (Å²) in [6, 6.07) is 1.77. The fourth-order valence-electron chi connectivity index (χ4n) is 1.78. The van der Waals surface area contributed by atoms with Gasteiger partial charge in [0.05, 0.1) is 11.4 Å². The van der Waals surface area contributed by atoms with E-state index < -0.39 is 5.97 Å². The number of aryl methyl sites for hydroxylation is 1. The molecule has 0 saturated carbocycles. The topological polar surface area (TPSA) is 86.3 Å². The van der Waals surface area contributed by atoms with E-state index in [0.717, 1.165) is 16.5 Å². The van der Waals surface area contributed by atoms with Crippen molar-refractivity contribution >= 4 is 29.3 Å². The number of carboxylic acids is 1. The molecule has 0 aromatic carbocycles. The number of H-pyrrole nitrogens is 1. The summed E-state index contributed by atoms with van der Waals surface area (Å²) in [7, 11) is 1.70. The maximum atomic E-state index is 12.3. The summed E-state index contributed by atoms with van der Waals surface area (Å²) >= 11 is 1.28.